The molecule has 0 aromatic heterocycles. The van der Waals surface area contributed by atoms with Crippen LogP contribution in [-0.2, 0) is 0 Å². The van der Waals surface area contributed by atoms with Crippen molar-refractivity contribution < 1.29 is 19.0 Å². The zero-order chi connectivity index (χ0) is 24.9. The minimum absolute atomic E-state index is 0.0921. The van der Waals surface area contributed by atoms with Crippen molar-refractivity contribution in [3.8, 4) is 17.2 Å². The molecule has 35 heavy (non-hydrogen) atoms. The van der Waals surface area contributed by atoms with E-state index in [0.717, 1.165) is 22.6 Å². The molecule has 0 saturated heterocycles. The summed E-state index contributed by atoms with van der Waals surface area (Å²) in [5, 5.41) is 9.43. The van der Waals surface area contributed by atoms with E-state index in [1.54, 1.807) is 12.1 Å². The van der Waals surface area contributed by atoms with E-state index in [1.807, 2.05) is 44.2 Å². The van der Waals surface area contributed by atoms with E-state index < -0.39 is 5.91 Å². The van der Waals surface area contributed by atoms with E-state index in [2.05, 4.69) is 28.1 Å². The third-order valence-electron chi connectivity index (χ3n) is 5.67. The molecule has 0 saturated carbocycles. The van der Waals surface area contributed by atoms with Crippen molar-refractivity contribution in [2.45, 2.75) is 25.9 Å². The Balaban J connectivity index is 1.48. The minimum Gasteiger partial charge on any atom is -0.493 e. The number of thiocarbonyl (C=S) groups is 1. The van der Waals surface area contributed by atoms with Gasteiger partial charge in [0.2, 0.25) is 5.75 Å². The number of benzene rings is 2. The number of ether oxygens (including phenoxy) is 3. The van der Waals surface area contributed by atoms with Gasteiger partial charge in [-0.15, -0.1) is 0 Å². The van der Waals surface area contributed by atoms with Gasteiger partial charge in [0.25, 0.3) is 5.91 Å². The molecular weight excluding hydrogens is 464 g/mol. The number of methoxy groups -OCH3 is 2. The molecule has 0 bridgehead atoms. The topological polar surface area (TPSA) is 93.2 Å². The first kappa shape index (κ1) is 24.3. The molecule has 2 aromatic rings. The molecule has 9 heteroatoms. The molecule has 182 valence electrons. The lowest BCUT2D eigenvalue weighted by atomic mass is 10.0. The van der Waals surface area contributed by atoms with E-state index in [0.29, 0.717) is 29.4 Å². The van der Waals surface area contributed by atoms with Crippen LogP contribution < -0.4 is 30.2 Å². The highest BCUT2D eigenvalue weighted by molar-refractivity contribution is 7.80. The Bertz CT molecular complexity index is 1240. The van der Waals surface area contributed by atoms with Crippen molar-refractivity contribution >= 4 is 34.8 Å². The third-order valence-corrected chi connectivity index (χ3v) is 5.88. The van der Waals surface area contributed by atoms with Crippen LogP contribution in [0.4, 0.5) is 5.69 Å². The van der Waals surface area contributed by atoms with Crippen LogP contribution in [-0.4, -0.2) is 49.8 Å². The molecule has 1 heterocycles. The van der Waals surface area contributed by atoms with E-state index in [4.69, 9.17) is 31.4 Å². The first-order valence-electron chi connectivity index (χ1n) is 11.2. The van der Waals surface area contributed by atoms with Gasteiger partial charge in [-0.25, -0.2) is 0 Å². The largest absolute Gasteiger partial charge is 0.493 e. The van der Waals surface area contributed by atoms with E-state index >= 15 is 0 Å². The number of aliphatic imine (C=N–C) groups is 1. The van der Waals surface area contributed by atoms with Crippen LogP contribution in [0.3, 0.4) is 0 Å². The number of fused-ring (bicyclic) bond motifs is 1. The van der Waals surface area contributed by atoms with Gasteiger partial charge in [-0.3, -0.25) is 15.1 Å². The smallest absolute Gasteiger partial charge is 0.257 e. The van der Waals surface area contributed by atoms with Gasteiger partial charge in [-0.2, -0.15) is 0 Å². The van der Waals surface area contributed by atoms with Crippen molar-refractivity contribution in [3.05, 3.63) is 71.3 Å². The van der Waals surface area contributed by atoms with Crippen molar-refractivity contribution in [3.63, 3.8) is 0 Å². The molecule has 1 aliphatic heterocycles. The molecule has 1 amide bonds. The summed E-state index contributed by atoms with van der Waals surface area (Å²) in [6.45, 7) is 4.29. The molecule has 2 atom stereocenters. The first-order chi connectivity index (χ1) is 16.9. The summed E-state index contributed by atoms with van der Waals surface area (Å²) in [5.41, 5.74) is 3.12. The molecule has 2 aliphatic rings. The summed E-state index contributed by atoms with van der Waals surface area (Å²) in [5.74, 6) is 1.66. The van der Waals surface area contributed by atoms with Crippen molar-refractivity contribution in [1.82, 2.24) is 10.6 Å². The number of hydrogen-bond donors (Lipinski definition) is 3. The maximum atomic E-state index is 12.9. The molecule has 8 nitrogen and oxygen atoms in total. The Morgan fingerprint density at radius 1 is 1.11 bits per heavy atom. The van der Waals surface area contributed by atoms with E-state index in [-0.39, 0.29) is 17.2 Å². The fourth-order valence-corrected chi connectivity index (χ4v) is 4.17. The Labute approximate surface area is 210 Å². The summed E-state index contributed by atoms with van der Waals surface area (Å²) in [7, 11) is 3.02. The maximum Gasteiger partial charge on any atom is 0.257 e. The van der Waals surface area contributed by atoms with Crippen LogP contribution in [0.1, 0.15) is 28.4 Å². The summed E-state index contributed by atoms with van der Waals surface area (Å²) < 4.78 is 16.3. The number of allylic oxidation sites excluding steroid dienone is 2. The van der Waals surface area contributed by atoms with Gasteiger partial charge < -0.3 is 24.8 Å². The number of anilines is 1. The highest BCUT2D eigenvalue weighted by Crippen LogP contribution is 2.38. The Kier molecular flexibility index (Phi) is 7.36. The van der Waals surface area contributed by atoms with Gasteiger partial charge in [-0.1, -0.05) is 30.4 Å². The standard InChI is InChI=1S/C26H28N4O4S/c1-5-34-22-13-16(12-21(32-3)23(22)33-4)25(31)30-26(35)27-17-11-10-15(2)18(14-17)24-28-19-8-6-7-9-20(19)29-24/h6-14,19-20H,5H2,1-4H3,(H,28,29)(H2,27,30,31,35). The number of amidine groups is 1. The molecular formula is C26H28N4O4S. The predicted octanol–water partition coefficient (Wildman–Crippen LogP) is 3.75. The van der Waals surface area contributed by atoms with Crippen LogP contribution in [0.5, 0.6) is 17.2 Å². The number of aryl methyl sites for hydroxylation is 1. The first-order valence-corrected chi connectivity index (χ1v) is 11.7. The lowest BCUT2D eigenvalue weighted by Gasteiger charge is -2.16. The van der Waals surface area contributed by atoms with Gasteiger partial charge in [0.15, 0.2) is 16.6 Å². The van der Waals surface area contributed by atoms with Crippen LogP contribution in [0.2, 0.25) is 0 Å². The molecule has 2 unspecified atom stereocenters. The van der Waals surface area contributed by atoms with E-state index in [9.17, 15) is 4.79 Å². The van der Waals surface area contributed by atoms with Crippen molar-refractivity contribution in [2.75, 3.05) is 26.1 Å². The lowest BCUT2D eigenvalue weighted by molar-refractivity contribution is 0.0976. The van der Waals surface area contributed by atoms with Crippen LogP contribution in [0, 0.1) is 6.92 Å². The van der Waals surface area contributed by atoms with Gasteiger partial charge in [0.1, 0.15) is 5.84 Å². The van der Waals surface area contributed by atoms with Gasteiger partial charge in [0.05, 0.1) is 32.9 Å². The zero-order valence-electron chi connectivity index (χ0n) is 20.0. The van der Waals surface area contributed by atoms with Crippen molar-refractivity contribution in [1.29, 1.82) is 0 Å². The Morgan fingerprint density at radius 2 is 1.89 bits per heavy atom. The molecule has 0 radical (unpaired) electrons. The predicted molar refractivity (Wildman–Crippen MR) is 141 cm³/mol. The summed E-state index contributed by atoms with van der Waals surface area (Å²) in [6.07, 6.45) is 8.22. The van der Waals surface area contributed by atoms with E-state index in [1.165, 1.54) is 14.2 Å². The molecule has 4 rings (SSSR count). The number of carbonyl (C=O) groups excluding carboxylic acids is 1. The maximum absolute atomic E-state index is 12.9. The minimum atomic E-state index is -0.402. The van der Waals surface area contributed by atoms with Gasteiger partial charge in [-0.05, 0) is 55.9 Å². The monoisotopic (exact) mass is 492 g/mol. The number of nitrogens with one attached hydrogen (secondary N) is 3. The number of carbonyl (C=O) groups is 1. The summed E-state index contributed by atoms with van der Waals surface area (Å²) in [6, 6.07) is 9.29. The fourth-order valence-electron chi connectivity index (χ4n) is 3.96. The van der Waals surface area contributed by atoms with Gasteiger partial charge in [0, 0.05) is 16.8 Å². The molecule has 0 spiro atoms. The third kappa shape index (κ3) is 5.30. The number of nitrogens with zero attached hydrogens (tertiary/aromatic N) is 1. The number of rotatable bonds is 7. The Morgan fingerprint density at radius 3 is 2.60 bits per heavy atom. The fraction of sp³-hybridized carbons (Fsp3) is 0.269. The highest BCUT2D eigenvalue weighted by atomic mass is 32.1. The van der Waals surface area contributed by atoms with Gasteiger partial charge >= 0.3 is 0 Å². The second-order valence-corrected chi connectivity index (χ2v) is 8.40. The molecule has 0 fully saturated rings. The summed E-state index contributed by atoms with van der Waals surface area (Å²) >= 11 is 5.41. The summed E-state index contributed by atoms with van der Waals surface area (Å²) in [4.78, 5) is 17.7. The Hall–Kier alpha value is -3.85. The zero-order valence-corrected chi connectivity index (χ0v) is 20.9. The quantitative estimate of drug-likeness (QED) is 0.507. The number of amides is 1. The second-order valence-electron chi connectivity index (χ2n) is 7.99. The SMILES string of the molecule is CCOc1cc(C(=O)NC(=S)Nc2ccc(C)c(C3=NC4C=CC=CC4N3)c2)cc(OC)c1OC. The molecule has 3 N–H and O–H groups in total. The van der Waals surface area contributed by atoms with Crippen LogP contribution >= 0.6 is 12.2 Å². The average molecular weight is 493 g/mol. The lowest BCUT2D eigenvalue weighted by Crippen LogP contribution is -2.34. The van der Waals surface area contributed by atoms with Crippen LogP contribution in [0.25, 0.3) is 0 Å². The average Bonchev–Trinajstić information content (AvgIpc) is 3.29. The van der Waals surface area contributed by atoms with Crippen LogP contribution in [0.15, 0.2) is 59.6 Å². The molecule has 1 aliphatic carbocycles. The van der Waals surface area contributed by atoms with Crippen molar-refractivity contribution in [2.24, 2.45) is 4.99 Å². The normalized spacial score (nSPS) is 17.7. The highest BCUT2D eigenvalue weighted by Gasteiger charge is 2.27. The second kappa shape index (κ2) is 10.6. The number of hydrogen-bond acceptors (Lipinski definition) is 7. The molecule has 2 aromatic carbocycles.